The van der Waals surface area contributed by atoms with E-state index in [4.69, 9.17) is 9.47 Å². The Morgan fingerprint density at radius 1 is 0.893 bits per heavy atom. The van der Waals surface area contributed by atoms with Crippen molar-refractivity contribution in [1.29, 1.82) is 0 Å². The zero-order chi connectivity index (χ0) is 39.7. The summed E-state index contributed by atoms with van der Waals surface area (Å²) in [6.45, 7) is 2.61. The van der Waals surface area contributed by atoms with E-state index in [1.165, 1.54) is 20.1 Å². The fraction of sp³-hybridized carbons (Fsp3) is 0.432. The Morgan fingerprint density at radius 2 is 1.59 bits per heavy atom. The Hall–Kier alpha value is -5.33. The fourth-order valence-corrected chi connectivity index (χ4v) is 10.5. The first-order valence-electron chi connectivity index (χ1n) is 19.4. The minimum atomic E-state index is -0.962. The largest absolute Gasteiger partial charge is 0.507 e. The number of phenolic OH excluding ortho intramolecular Hbond substituents is 1. The van der Waals surface area contributed by atoms with Crippen LogP contribution in [0.1, 0.15) is 98.9 Å². The number of methoxy groups -OCH3 is 1. The van der Waals surface area contributed by atoms with Gasteiger partial charge in [0.1, 0.15) is 17.6 Å². The maximum Gasteiger partial charge on any atom is 0.306 e. The molecule has 0 saturated heterocycles. The highest BCUT2D eigenvalue weighted by atomic mass is 16.5. The van der Waals surface area contributed by atoms with Gasteiger partial charge in [0, 0.05) is 40.0 Å². The Kier molecular flexibility index (Phi) is 9.61. The van der Waals surface area contributed by atoms with Gasteiger partial charge in [0.2, 0.25) is 5.43 Å². The third kappa shape index (κ3) is 5.67. The first-order valence-corrected chi connectivity index (χ1v) is 19.4. The molecule has 12 nitrogen and oxygen atoms in total. The van der Waals surface area contributed by atoms with E-state index in [-0.39, 0.29) is 58.1 Å². The molecule has 2 saturated carbocycles. The molecular weight excluding hydrogens is 718 g/mol. The van der Waals surface area contributed by atoms with Gasteiger partial charge in [0.05, 0.1) is 42.9 Å². The summed E-state index contributed by atoms with van der Waals surface area (Å²) < 4.78 is 11.3. The average molecular weight is 764 g/mol. The number of ether oxygens (including phenoxy) is 2. The van der Waals surface area contributed by atoms with Crippen LogP contribution < -0.4 is 20.9 Å². The van der Waals surface area contributed by atoms with Gasteiger partial charge >= 0.3 is 5.97 Å². The maximum atomic E-state index is 15.0. The number of anilines is 1. The third-order valence-corrected chi connectivity index (χ3v) is 12.8. The highest BCUT2D eigenvalue weighted by molar-refractivity contribution is 6.39. The topological polar surface area (TPSA) is 197 Å². The molecule has 0 radical (unpaired) electrons. The summed E-state index contributed by atoms with van der Waals surface area (Å²) in [6, 6.07) is 2.77. The summed E-state index contributed by atoms with van der Waals surface area (Å²) in [5.41, 5.74) is 1.92. The molecule has 3 aliphatic rings. The minimum Gasteiger partial charge on any atom is -0.507 e. The number of carbonyl (C=O) groups excluding carboxylic acids is 2. The Bertz CT molecular complexity index is 2610. The number of rotatable bonds is 11. The molecule has 5 aromatic rings. The summed E-state index contributed by atoms with van der Waals surface area (Å²) in [6.07, 6.45) is 6.82. The van der Waals surface area contributed by atoms with Crippen LogP contribution in [0, 0.1) is 11.8 Å². The molecule has 3 aliphatic carbocycles. The van der Waals surface area contributed by atoms with Gasteiger partial charge in [-0.15, -0.1) is 0 Å². The maximum absolute atomic E-state index is 15.0. The molecule has 0 bridgehead atoms. The number of aliphatic hydroxyl groups is 2. The van der Waals surface area contributed by atoms with Crippen LogP contribution in [-0.2, 0) is 38.8 Å². The molecule has 8 rings (SSSR count). The van der Waals surface area contributed by atoms with Crippen molar-refractivity contribution in [3.8, 4) is 11.5 Å². The van der Waals surface area contributed by atoms with Crippen LogP contribution in [0.2, 0.25) is 0 Å². The second kappa shape index (κ2) is 14.3. The predicted octanol–water partition coefficient (Wildman–Crippen LogP) is 6.01. The lowest BCUT2D eigenvalue weighted by Crippen LogP contribution is -2.32. The number of nitrogens with one attached hydrogen (secondary N) is 1. The van der Waals surface area contributed by atoms with E-state index in [1.54, 1.807) is 13.0 Å². The monoisotopic (exact) mass is 763 g/mol. The number of ketones is 1. The van der Waals surface area contributed by atoms with Gasteiger partial charge < -0.3 is 35.2 Å². The van der Waals surface area contributed by atoms with Crippen LogP contribution in [0.15, 0.2) is 27.3 Å². The van der Waals surface area contributed by atoms with Crippen molar-refractivity contribution in [2.24, 2.45) is 11.8 Å². The molecule has 2 fully saturated rings. The number of aliphatic carboxylic acids is 1. The van der Waals surface area contributed by atoms with E-state index in [1.807, 2.05) is 6.08 Å². The number of hydrogen-bond donors (Lipinski definition) is 5. The molecule has 5 unspecified atom stereocenters. The molecule has 0 spiro atoms. The summed E-state index contributed by atoms with van der Waals surface area (Å²) in [4.78, 5) is 66.4. The van der Waals surface area contributed by atoms with Crippen LogP contribution >= 0.6 is 0 Å². The van der Waals surface area contributed by atoms with E-state index < -0.39 is 41.9 Å². The Labute approximate surface area is 321 Å². The number of hydrogen-bond acceptors (Lipinski definition) is 11. The van der Waals surface area contributed by atoms with Gasteiger partial charge in [-0.25, -0.2) is 0 Å². The second-order valence-electron chi connectivity index (χ2n) is 16.0. The van der Waals surface area contributed by atoms with Gasteiger partial charge in [-0.3, -0.25) is 24.0 Å². The van der Waals surface area contributed by atoms with Crippen molar-refractivity contribution in [2.45, 2.75) is 103 Å². The van der Waals surface area contributed by atoms with E-state index in [2.05, 4.69) is 5.32 Å². The molecule has 5 aromatic carbocycles. The lowest BCUT2D eigenvalue weighted by atomic mass is 9.76. The quantitative estimate of drug-likeness (QED) is 0.0598. The van der Waals surface area contributed by atoms with Gasteiger partial charge in [-0.05, 0) is 109 Å². The van der Waals surface area contributed by atoms with Crippen molar-refractivity contribution in [1.82, 2.24) is 0 Å². The second-order valence-corrected chi connectivity index (χ2v) is 16.0. The number of allylic oxidation sites excluding steroid dienone is 1. The summed E-state index contributed by atoms with van der Waals surface area (Å²) >= 11 is 0. The Morgan fingerprint density at radius 3 is 2.25 bits per heavy atom. The lowest BCUT2D eigenvalue weighted by molar-refractivity contribution is -0.143. The number of phenols is 1. The number of Topliss-reactive ketones (excluding diaryl/α,β-unsaturated/α-hetero) is 1. The van der Waals surface area contributed by atoms with E-state index >= 15 is 4.79 Å². The zero-order valence-corrected chi connectivity index (χ0v) is 31.6. The van der Waals surface area contributed by atoms with Crippen molar-refractivity contribution in [3.63, 3.8) is 0 Å². The lowest BCUT2D eigenvalue weighted by Gasteiger charge is -2.31. The van der Waals surface area contributed by atoms with Gasteiger partial charge in [-0.1, -0.05) is 24.5 Å². The molecular formula is C44H45NO11. The van der Waals surface area contributed by atoms with E-state index in [0.29, 0.717) is 104 Å². The van der Waals surface area contributed by atoms with Crippen molar-refractivity contribution < 1.29 is 44.3 Å². The first kappa shape index (κ1) is 37.6. The number of benzene rings is 5. The fourth-order valence-electron chi connectivity index (χ4n) is 10.5. The van der Waals surface area contributed by atoms with Gasteiger partial charge in [0.25, 0.3) is 6.47 Å². The first-order chi connectivity index (χ1) is 26.9. The molecule has 56 heavy (non-hydrogen) atoms. The Balaban J connectivity index is 1.58. The number of carbonyl (C=O) groups is 3. The summed E-state index contributed by atoms with van der Waals surface area (Å²) in [5.74, 6) is -3.06. The van der Waals surface area contributed by atoms with Crippen LogP contribution in [0.3, 0.4) is 0 Å². The SMILES string of the molecule is COc1c2c3c4c(c(CC5CCCC(C(=O)O)C5)c(O)c5c(=O)cc(CO)c(c6c(CO)cc(NC7CCCC(OC=O)C7)c(c1=O)c63)c54)C=C(C)C2C(C)=O. The van der Waals surface area contributed by atoms with E-state index in [9.17, 15) is 39.6 Å². The molecule has 5 atom stereocenters. The number of carboxylic acid groups (broad SMARTS) is 1. The van der Waals surface area contributed by atoms with Crippen LogP contribution in [0.4, 0.5) is 5.69 Å². The number of aromatic hydroxyl groups is 1. The van der Waals surface area contributed by atoms with Gasteiger partial charge in [-0.2, -0.15) is 0 Å². The predicted molar refractivity (Wildman–Crippen MR) is 212 cm³/mol. The molecule has 0 aliphatic heterocycles. The molecule has 0 aromatic heterocycles. The van der Waals surface area contributed by atoms with E-state index in [0.717, 1.165) is 19.3 Å². The molecule has 5 N–H and O–H groups in total. The summed E-state index contributed by atoms with van der Waals surface area (Å²) in [7, 11) is 1.38. The number of fused-ring (bicyclic) bond motifs is 1. The molecule has 292 valence electrons. The minimum absolute atomic E-state index is 0.00769. The molecule has 0 heterocycles. The standard InChI is InChI=1S/C44H45NO11/c1-19-10-27-28(12-21-6-4-7-22(11-21)44(53)54)41(51)36-30(50)14-24(17-47)33-32-23(16-46)13-29(45-25-8-5-9-26(15-25)56-18-48)35-38(32)39(34(27)37(33)36)40(31(19)20(2)49)43(55-3)42(35)52/h10,13-14,18,21-22,25-26,31,45-47,51H,4-9,11-12,15-17H2,1-3H3,(H,53,54). The van der Waals surface area contributed by atoms with Crippen molar-refractivity contribution in [3.05, 3.63) is 66.0 Å². The van der Waals surface area contributed by atoms with Crippen LogP contribution in [0.5, 0.6) is 11.5 Å². The zero-order valence-electron chi connectivity index (χ0n) is 31.6. The van der Waals surface area contributed by atoms with Crippen molar-refractivity contribution in [2.75, 3.05) is 12.4 Å². The molecule has 12 heteroatoms. The normalized spacial score (nSPS) is 22.4. The number of carboxylic acids is 1. The number of aliphatic hydroxyl groups excluding tert-OH is 2. The highest BCUT2D eigenvalue weighted by Gasteiger charge is 2.38. The highest BCUT2D eigenvalue weighted by Crippen LogP contribution is 2.54. The average Bonchev–Trinajstić information content (AvgIpc) is 3.30. The van der Waals surface area contributed by atoms with Crippen LogP contribution in [0.25, 0.3) is 49.2 Å². The molecule has 0 amide bonds. The van der Waals surface area contributed by atoms with Crippen molar-refractivity contribution >= 4 is 73.1 Å². The van der Waals surface area contributed by atoms with Gasteiger partial charge in [0.15, 0.2) is 11.2 Å². The summed E-state index contributed by atoms with van der Waals surface area (Å²) in [5, 5.41) is 50.5. The smallest absolute Gasteiger partial charge is 0.306 e. The van der Waals surface area contributed by atoms with Crippen LogP contribution in [-0.4, -0.2) is 57.9 Å². The third-order valence-electron chi connectivity index (χ3n) is 12.8.